The lowest BCUT2D eigenvalue weighted by Crippen LogP contribution is -2.47. The van der Waals surface area contributed by atoms with E-state index in [0.717, 1.165) is 39.2 Å². The first-order valence-electron chi connectivity index (χ1n) is 8.67. The van der Waals surface area contributed by atoms with Gasteiger partial charge in [-0.2, -0.15) is 0 Å². The van der Waals surface area contributed by atoms with Crippen LogP contribution in [0.1, 0.15) is 24.8 Å². The molecule has 0 aromatic heterocycles. The van der Waals surface area contributed by atoms with E-state index < -0.39 is 0 Å². The Morgan fingerprint density at radius 2 is 2.22 bits per heavy atom. The van der Waals surface area contributed by atoms with Crippen LogP contribution in [0.25, 0.3) is 0 Å². The number of carbonyl (C=O) groups excluding carboxylic acids is 1. The Bertz CT molecular complexity index is 488. The molecule has 2 N–H and O–H groups in total. The minimum Gasteiger partial charge on any atom is -0.374 e. The molecule has 126 valence electrons. The molecular formula is C18H27N3O2. The van der Waals surface area contributed by atoms with Crippen LogP contribution in [0.5, 0.6) is 0 Å². The second-order valence-electron chi connectivity index (χ2n) is 6.51. The molecular weight excluding hydrogens is 290 g/mol. The molecule has 2 heterocycles. The monoisotopic (exact) mass is 317 g/mol. The Labute approximate surface area is 138 Å². The van der Waals surface area contributed by atoms with Crippen LogP contribution in [0.2, 0.25) is 0 Å². The standard InChI is InChI=1S/C18H27N3O2/c22-18(11-16-7-4-8-19-16)20-12-17-14-21(9-10-23-17)13-15-5-2-1-3-6-15/h1-3,5-6,16-17,19H,4,7-14H2,(H,20,22). The smallest absolute Gasteiger partial charge is 0.221 e. The van der Waals surface area contributed by atoms with Crippen molar-refractivity contribution in [3.8, 4) is 0 Å². The predicted octanol–water partition coefficient (Wildman–Crippen LogP) is 1.15. The molecule has 2 unspecified atom stereocenters. The average Bonchev–Trinajstić information content (AvgIpc) is 3.07. The summed E-state index contributed by atoms with van der Waals surface area (Å²) in [4.78, 5) is 14.4. The zero-order valence-electron chi connectivity index (χ0n) is 13.7. The summed E-state index contributed by atoms with van der Waals surface area (Å²) in [5, 5.41) is 6.39. The molecule has 3 rings (SSSR count). The van der Waals surface area contributed by atoms with Gasteiger partial charge in [-0.25, -0.2) is 0 Å². The van der Waals surface area contributed by atoms with Gasteiger partial charge in [0.15, 0.2) is 0 Å². The van der Waals surface area contributed by atoms with E-state index >= 15 is 0 Å². The third-order valence-corrected chi connectivity index (χ3v) is 4.59. The van der Waals surface area contributed by atoms with Gasteiger partial charge in [0.25, 0.3) is 0 Å². The first-order valence-corrected chi connectivity index (χ1v) is 8.67. The van der Waals surface area contributed by atoms with Crippen LogP contribution in [-0.2, 0) is 16.1 Å². The minimum atomic E-state index is 0.0907. The van der Waals surface area contributed by atoms with E-state index in [1.165, 1.54) is 12.0 Å². The van der Waals surface area contributed by atoms with Gasteiger partial charge < -0.3 is 15.4 Å². The Balaban J connectivity index is 1.39. The maximum absolute atomic E-state index is 12.0. The topological polar surface area (TPSA) is 53.6 Å². The third-order valence-electron chi connectivity index (χ3n) is 4.59. The van der Waals surface area contributed by atoms with Crippen molar-refractivity contribution < 1.29 is 9.53 Å². The highest BCUT2D eigenvalue weighted by Gasteiger charge is 2.22. The molecule has 0 radical (unpaired) electrons. The quantitative estimate of drug-likeness (QED) is 0.826. The highest BCUT2D eigenvalue weighted by molar-refractivity contribution is 5.76. The molecule has 0 spiro atoms. The van der Waals surface area contributed by atoms with Crippen molar-refractivity contribution in [2.75, 3.05) is 32.8 Å². The van der Waals surface area contributed by atoms with Crippen molar-refractivity contribution >= 4 is 5.91 Å². The van der Waals surface area contributed by atoms with E-state index in [-0.39, 0.29) is 12.0 Å². The summed E-state index contributed by atoms with van der Waals surface area (Å²) >= 11 is 0. The van der Waals surface area contributed by atoms with E-state index in [2.05, 4.69) is 39.8 Å². The number of ether oxygens (including phenoxy) is 1. The van der Waals surface area contributed by atoms with E-state index in [1.54, 1.807) is 0 Å². The van der Waals surface area contributed by atoms with Gasteiger partial charge in [-0.3, -0.25) is 9.69 Å². The van der Waals surface area contributed by atoms with Gasteiger partial charge in [0.05, 0.1) is 12.7 Å². The van der Waals surface area contributed by atoms with E-state index in [0.29, 0.717) is 19.0 Å². The van der Waals surface area contributed by atoms with Crippen LogP contribution < -0.4 is 10.6 Å². The normalized spacial score (nSPS) is 25.4. The van der Waals surface area contributed by atoms with E-state index in [1.807, 2.05) is 6.07 Å². The summed E-state index contributed by atoms with van der Waals surface area (Å²) < 4.78 is 5.79. The number of hydrogen-bond donors (Lipinski definition) is 2. The lowest BCUT2D eigenvalue weighted by Gasteiger charge is -2.33. The number of morpholine rings is 1. The Morgan fingerprint density at radius 3 is 3.00 bits per heavy atom. The molecule has 2 atom stereocenters. The van der Waals surface area contributed by atoms with Gasteiger partial charge in [-0.15, -0.1) is 0 Å². The second kappa shape index (κ2) is 8.43. The summed E-state index contributed by atoms with van der Waals surface area (Å²) in [5.41, 5.74) is 1.32. The first-order chi connectivity index (χ1) is 11.3. The number of nitrogens with one attached hydrogen (secondary N) is 2. The third kappa shape index (κ3) is 5.30. The molecule has 0 saturated carbocycles. The molecule has 5 nitrogen and oxygen atoms in total. The number of benzene rings is 1. The fourth-order valence-electron chi connectivity index (χ4n) is 3.34. The summed E-state index contributed by atoms with van der Waals surface area (Å²) in [6.45, 7) is 5.15. The number of carbonyl (C=O) groups is 1. The van der Waals surface area contributed by atoms with Gasteiger partial charge in [0, 0.05) is 38.6 Å². The van der Waals surface area contributed by atoms with Crippen LogP contribution in [0, 0.1) is 0 Å². The van der Waals surface area contributed by atoms with Gasteiger partial charge >= 0.3 is 0 Å². The van der Waals surface area contributed by atoms with Gasteiger partial charge in [-0.05, 0) is 24.9 Å². The van der Waals surface area contributed by atoms with Gasteiger partial charge in [0.2, 0.25) is 5.91 Å². The van der Waals surface area contributed by atoms with Crippen molar-refractivity contribution in [3.63, 3.8) is 0 Å². The summed E-state index contributed by atoms with van der Waals surface area (Å²) in [6.07, 6.45) is 2.96. The highest BCUT2D eigenvalue weighted by atomic mass is 16.5. The van der Waals surface area contributed by atoms with E-state index in [9.17, 15) is 4.79 Å². The lowest BCUT2D eigenvalue weighted by molar-refractivity contribution is -0.122. The predicted molar refractivity (Wildman–Crippen MR) is 90.1 cm³/mol. The fourth-order valence-corrected chi connectivity index (χ4v) is 3.34. The SMILES string of the molecule is O=C(CC1CCCN1)NCC1CN(Cc2ccccc2)CCO1. The van der Waals surface area contributed by atoms with E-state index in [4.69, 9.17) is 4.74 Å². The first kappa shape index (κ1) is 16.4. The van der Waals surface area contributed by atoms with Crippen molar-refractivity contribution in [1.82, 2.24) is 15.5 Å². The largest absolute Gasteiger partial charge is 0.374 e. The Kier molecular flexibility index (Phi) is 6.02. The Hall–Kier alpha value is -1.43. The van der Waals surface area contributed by atoms with Crippen molar-refractivity contribution in [1.29, 1.82) is 0 Å². The Morgan fingerprint density at radius 1 is 1.35 bits per heavy atom. The molecule has 2 fully saturated rings. The molecule has 23 heavy (non-hydrogen) atoms. The van der Waals surface area contributed by atoms with Crippen LogP contribution in [-0.4, -0.2) is 55.7 Å². The number of rotatable bonds is 6. The zero-order valence-corrected chi connectivity index (χ0v) is 13.7. The average molecular weight is 317 g/mol. The molecule has 1 aromatic carbocycles. The highest BCUT2D eigenvalue weighted by Crippen LogP contribution is 2.11. The maximum atomic E-state index is 12.0. The fraction of sp³-hybridized carbons (Fsp3) is 0.611. The minimum absolute atomic E-state index is 0.0907. The summed E-state index contributed by atoms with van der Waals surface area (Å²) in [6, 6.07) is 10.9. The van der Waals surface area contributed by atoms with Crippen molar-refractivity contribution in [2.24, 2.45) is 0 Å². The van der Waals surface area contributed by atoms with Gasteiger partial charge in [0.1, 0.15) is 0 Å². The molecule has 5 heteroatoms. The van der Waals surface area contributed by atoms with Crippen molar-refractivity contribution in [3.05, 3.63) is 35.9 Å². The number of nitrogens with zero attached hydrogens (tertiary/aromatic N) is 1. The summed E-state index contributed by atoms with van der Waals surface area (Å²) in [5.74, 6) is 0.133. The van der Waals surface area contributed by atoms with Crippen LogP contribution >= 0.6 is 0 Å². The molecule has 0 bridgehead atoms. The second-order valence-corrected chi connectivity index (χ2v) is 6.51. The number of hydrogen-bond acceptors (Lipinski definition) is 4. The molecule has 1 aromatic rings. The molecule has 0 aliphatic carbocycles. The summed E-state index contributed by atoms with van der Waals surface area (Å²) in [7, 11) is 0. The van der Waals surface area contributed by atoms with Crippen LogP contribution in [0.15, 0.2) is 30.3 Å². The molecule has 2 saturated heterocycles. The molecule has 2 aliphatic heterocycles. The molecule has 2 aliphatic rings. The van der Waals surface area contributed by atoms with Crippen molar-refractivity contribution in [2.45, 2.75) is 38.0 Å². The maximum Gasteiger partial charge on any atom is 0.221 e. The number of amides is 1. The lowest BCUT2D eigenvalue weighted by atomic mass is 10.1. The zero-order chi connectivity index (χ0) is 15.9. The van der Waals surface area contributed by atoms with Gasteiger partial charge in [-0.1, -0.05) is 30.3 Å². The molecule has 1 amide bonds. The van der Waals surface area contributed by atoms with Crippen LogP contribution in [0.4, 0.5) is 0 Å². The van der Waals surface area contributed by atoms with Crippen LogP contribution in [0.3, 0.4) is 0 Å².